The van der Waals surface area contributed by atoms with Gasteiger partial charge in [0.05, 0.1) is 16.4 Å². The van der Waals surface area contributed by atoms with Crippen molar-refractivity contribution in [3.8, 4) is 5.69 Å². The number of hydrogen-bond donors (Lipinski definition) is 2. The van der Waals surface area contributed by atoms with Gasteiger partial charge in [0.15, 0.2) is 0 Å². The van der Waals surface area contributed by atoms with Crippen LogP contribution in [0.5, 0.6) is 0 Å². The molecule has 164 valence electrons. The van der Waals surface area contributed by atoms with E-state index in [1.54, 1.807) is 12.1 Å². The second kappa shape index (κ2) is 10.6. The van der Waals surface area contributed by atoms with Crippen molar-refractivity contribution >= 4 is 27.5 Å². The Bertz CT molecular complexity index is 1130. The van der Waals surface area contributed by atoms with Crippen molar-refractivity contribution in [2.24, 2.45) is 0 Å². The second-order valence-corrected chi connectivity index (χ2v) is 9.19. The lowest BCUT2D eigenvalue weighted by Crippen LogP contribution is -2.31. The van der Waals surface area contributed by atoms with Crippen LogP contribution < -0.4 is 10.0 Å². The van der Waals surface area contributed by atoms with Gasteiger partial charge in [-0.05, 0) is 49.6 Å². The van der Waals surface area contributed by atoms with E-state index in [0.717, 1.165) is 29.8 Å². The van der Waals surface area contributed by atoms with Gasteiger partial charge in [-0.25, -0.2) is 17.8 Å². The Hall–Kier alpha value is -2.68. The zero-order valence-corrected chi connectivity index (χ0v) is 18.8. The second-order valence-electron chi connectivity index (χ2n) is 7.05. The Kier molecular flexibility index (Phi) is 7.84. The maximum atomic E-state index is 12.3. The summed E-state index contributed by atoms with van der Waals surface area (Å²) in [6.07, 6.45) is 3.61. The number of nitrogens with one attached hydrogen (secondary N) is 2. The molecule has 0 aliphatic rings. The number of benzene rings is 2. The number of hydrogen-bond acceptors (Lipinski definition) is 4. The first-order chi connectivity index (χ1) is 14.9. The third kappa shape index (κ3) is 6.40. The van der Waals surface area contributed by atoms with E-state index in [0.29, 0.717) is 6.54 Å². The summed E-state index contributed by atoms with van der Waals surface area (Å²) in [5, 5.41) is 7.51. The highest BCUT2D eigenvalue weighted by Crippen LogP contribution is 2.20. The number of aryl methyl sites for hydroxylation is 2. The standard InChI is InChI=1S/C22H25ClN4O3S/c1-17-18(16-27(26-17)19-9-3-2-4-10-19)8-7-14-24-22(28)13-15-25-31(29,30)21-12-6-5-11-20(21)23/h2-6,9-12,16,25H,7-8,13-15H2,1H3,(H,24,28). The van der Waals surface area contributed by atoms with Gasteiger partial charge >= 0.3 is 0 Å². The van der Waals surface area contributed by atoms with Crippen LogP contribution in [0.15, 0.2) is 65.7 Å². The van der Waals surface area contributed by atoms with Crippen molar-refractivity contribution in [1.29, 1.82) is 0 Å². The van der Waals surface area contributed by atoms with E-state index in [1.165, 1.54) is 12.1 Å². The number of carbonyl (C=O) groups is 1. The highest BCUT2D eigenvalue weighted by molar-refractivity contribution is 7.89. The SMILES string of the molecule is Cc1nn(-c2ccccc2)cc1CCCNC(=O)CCNS(=O)(=O)c1ccccc1Cl. The van der Waals surface area contributed by atoms with Gasteiger partial charge in [-0.2, -0.15) is 5.10 Å². The minimum atomic E-state index is -3.74. The molecule has 9 heteroatoms. The van der Waals surface area contributed by atoms with Crippen LogP contribution in [-0.4, -0.2) is 37.2 Å². The van der Waals surface area contributed by atoms with Crippen molar-refractivity contribution in [2.75, 3.05) is 13.1 Å². The first kappa shape index (κ1) is 23.0. The number of aromatic nitrogens is 2. The lowest BCUT2D eigenvalue weighted by atomic mass is 10.1. The maximum Gasteiger partial charge on any atom is 0.242 e. The van der Waals surface area contributed by atoms with Crippen molar-refractivity contribution < 1.29 is 13.2 Å². The van der Waals surface area contributed by atoms with Gasteiger partial charge in [0.2, 0.25) is 15.9 Å². The summed E-state index contributed by atoms with van der Waals surface area (Å²) in [5.41, 5.74) is 3.10. The van der Waals surface area contributed by atoms with Gasteiger partial charge in [0.1, 0.15) is 4.90 Å². The van der Waals surface area contributed by atoms with Crippen LogP contribution in [-0.2, 0) is 21.2 Å². The van der Waals surface area contributed by atoms with Crippen LogP contribution >= 0.6 is 11.6 Å². The monoisotopic (exact) mass is 460 g/mol. The van der Waals surface area contributed by atoms with Crippen molar-refractivity contribution in [2.45, 2.75) is 31.1 Å². The molecule has 0 bridgehead atoms. The number of sulfonamides is 1. The zero-order chi connectivity index (χ0) is 22.3. The molecule has 0 saturated heterocycles. The molecule has 2 aromatic carbocycles. The summed E-state index contributed by atoms with van der Waals surface area (Å²) in [5.74, 6) is -0.210. The Labute approximate surface area is 187 Å². The predicted octanol–water partition coefficient (Wildman–Crippen LogP) is 3.25. The highest BCUT2D eigenvalue weighted by atomic mass is 35.5. The molecule has 0 saturated carbocycles. The normalized spacial score (nSPS) is 11.4. The average Bonchev–Trinajstić information content (AvgIpc) is 3.12. The summed E-state index contributed by atoms with van der Waals surface area (Å²) < 4.78 is 28.8. The molecular formula is C22H25ClN4O3S. The van der Waals surface area contributed by atoms with E-state index >= 15 is 0 Å². The molecule has 3 rings (SSSR count). The van der Waals surface area contributed by atoms with E-state index in [4.69, 9.17) is 11.6 Å². The molecular weight excluding hydrogens is 436 g/mol. The van der Waals surface area contributed by atoms with Gasteiger partial charge in [0.25, 0.3) is 0 Å². The smallest absolute Gasteiger partial charge is 0.242 e. The summed E-state index contributed by atoms with van der Waals surface area (Å²) in [6, 6.07) is 16.1. The maximum absolute atomic E-state index is 12.3. The van der Waals surface area contributed by atoms with E-state index in [1.807, 2.05) is 48.1 Å². The number of amides is 1. The largest absolute Gasteiger partial charge is 0.356 e. The number of rotatable bonds is 10. The van der Waals surface area contributed by atoms with Crippen LogP contribution in [0.2, 0.25) is 5.02 Å². The summed E-state index contributed by atoms with van der Waals surface area (Å²) in [4.78, 5) is 12.0. The topological polar surface area (TPSA) is 93.1 Å². The van der Waals surface area contributed by atoms with Crippen molar-refractivity contribution in [3.63, 3.8) is 0 Å². The molecule has 2 N–H and O–H groups in total. The molecule has 1 heterocycles. The van der Waals surface area contributed by atoms with Gasteiger partial charge in [-0.1, -0.05) is 41.9 Å². The van der Waals surface area contributed by atoms with Crippen LogP contribution in [0.25, 0.3) is 5.69 Å². The van der Waals surface area contributed by atoms with Crippen molar-refractivity contribution in [3.05, 3.63) is 77.1 Å². The molecule has 1 aromatic heterocycles. The fraction of sp³-hybridized carbons (Fsp3) is 0.273. The molecule has 1 amide bonds. The quantitative estimate of drug-likeness (QED) is 0.454. The van der Waals surface area contributed by atoms with Crippen LogP contribution in [0, 0.1) is 6.92 Å². The minimum absolute atomic E-state index is 0.00233. The highest BCUT2D eigenvalue weighted by Gasteiger charge is 2.17. The Balaban J connectivity index is 1.39. The first-order valence-electron chi connectivity index (χ1n) is 9.98. The van der Waals surface area contributed by atoms with Gasteiger partial charge < -0.3 is 5.32 Å². The Morgan fingerprint density at radius 1 is 1.06 bits per heavy atom. The Morgan fingerprint density at radius 3 is 2.52 bits per heavy atom. The Morgan fingerprint density at radius 2 is 1.77 bits per heavy atom. The van der Waals surface area contributed by atoms with Crippen molar-refractivity contribution in [1.82, 2.24) is 19.8 Å². The predicted molar refractivity (Wildman–Crippen MR) is 121 cm³/mol. The molecule has 7 nitrogen and oxygen atoms in total. The molecule has 0 atom stereocenters. The molecule has 0 spiro atoms. The third-order valence-electron chi connectivity index (χ3n) is 4.74. The minimum Gasteiger partial charge on any atom is -0.356 e. The molecule has 0 aliphatic heterocycles. The van der Waals surface area contributed by atoms with Gasteiger partial charge in [0, 0.05) is 25.7 Å². The van der Waals surface area contributed by atoms with Crippen LogP contribution in [0.3, 0.4) is 0 Å². The van der Waals surface area contributed by atoms with Crippen LogP contribution in [0.4, 0.5) is 0 Å². The van der Waals surface area contributed by atoms with Gasteiger partial charge in [-0.3, -0.25) is 4.79 Å². The lowest BCUT2D eigenvalue weighted by Gasteiger charge is -2.08. The van der Waals surface area contributed by atoms with E-state index in [2.05, 4.69) is 15.1 Å². The number of nitrogens with zero attached hydrogens (tertiary/aromatic N) is 2. The van der Waals surface area contributed by atoms with E-state index < -0.39 is 10.0 Å². The summed E-state index contributed by atoms with van der Waals surface area (Å²) in [6.45, 7) is 2.48. The van der Waals surface area contributed by atoms with E-state index in [9.17, 15) is 13.2 Å². The average molecular weight is 461 g/mol. The first-order valence-corrected chi connectivity index (χ1v) is 11.8. The van der Waals surface area contributed by atoms with E-state index in [-0.39, 0.29) is 28.8 Å². The number of halogens is 1. The fourth-order valence-electron chi connectivity index (χ4n) is 3.09. The summed E-state index contributed by atoms with van der Waals surface area (Å²) in [7, 11) is -3.74. The molecule has 0 aliphatic carbocycles. The fourth-order valence-corrected chi connectivity index (χ4v) is 4.64. The number of para-hydroxylation sites is 1. The molecule has 0 radical (unpaired) electrons. The lowest BCUT2D eigenvalue weighted by molar-refractivity contribution is -0.120. The third-order valence-corrected chi connectivity index (χ3v) is 6.70. The van der Waals surface area contributed by atoms with Gasteiger partial charge in [-0.15, -0.1) is 0 Å². The summed E-state index contributed by atoms with van der Waals surface area (Å²) >= 11 is 5.93. The van der Waals surface area contributed by atoms with Crippen LogP contribution in [0.1, 0.15) is 24.1 Å². The molecule has 0 fully saturated rings. The molecule has 31 heavy (non-hydrogen) atoms. The molecule has 0 unspecified atom stereocenters. The molecule has 3 aromatic rings. The zero-order valence-electron chi connectivity index (χ0n) is 17.2. The number of carbonyl (C=O) groups excluding carboxylic acids is 1.